The third-order valence-electron chi connectivity index (χ3n) is 5.61. The Morgan fingerprint density at radius 1 is 1.00 bits per heavy atom. The van der Waals surface area contributed by atoms with Crippen LogP contribution in [0.15, 0.2) is 30.3 Å². The van der Waals surface area contributed by atoms with Crippen LogP contribution in [0.5, 0.6) is 0 Å². The Hall–Kier alpha value is -2.36. The molecule has 0 radical (unpaired) electrons. The largest absolute Gasteiger partial charge is 0.445 e. The fraction of sp³-hybridized carbons (Fsp3) is 0.667. The van der Waals surface area contributed by atoms with Crippen molar-refractivity contribution in [3.8, 4) is 0 Å². The van der Waals surface area contributed by atoms with Crippen LogP contribution in [0.1, 0.15) is 32.8 Å². The quantitative estimate of drug-likeness (QED) is 0.505. The van der Waals surface area contributed by atoms with E-state index < -0.39 is 11.7 Å². The van der Waals surface area contributed by atoms with Crippen molar-refractivity contribution in [2.24, 2.45) is 0 Å². The molecule has 0 aromatic heterocycles. The molecule has 2 bridgehead atoms. The van der Waals surface area contributed by atoms with Gasteiger partial charge in [-0.15, -0.1) is 0 Å². The molecular weight excluding hydrogens is 426 g/mol. The lowest BCUT2D eigenvalue weighted by Crippen LogP contribution is -2.50. The van der Waals surface area contributed by atoms with Gasteiger partial charge in [0.05, 0.1) is 26.4 Å². The van der Waals surface area contributed by atoms with Crippen molar-refractivity contribution in [3.05, 3.63) is 35.9 Å². The fourth-order valence-corrected chi connectivity index (χ4v) is 4.07. The number of likely N-dealkylation sites (tertiary alicyclic amines) is 2. The van der Waals surface area contributed by atoms with Crippen molar-refractivity contribution in [2.75, 3.05) is 52.6 Å². The van der Waals surface area contributed by atoms with E-state index in [4.69, 9.17) is 18.9 Å². The topological polar surface area (TPSA) is 89.6 Å². The second kappa shape index (κ2) is 12.2. The predicted molar refractivity (Wildman–Crippen MR) is 123 cm³/mol. The first-order valence-corrected chi connectivity index (χ1v) is 11.7. The van der Waals surface area contributed by atoms with Gasteiger partial charge in [-0.1, -0.05) is 30.3 Å². The first-order valence-electron chi connectivity index (χ1n) is 11.7. The van der Waals surface area contributed by atoms with E-state index in [2.05, 4.69) is 10.2 Å². The maximum atomic E-state index is 12.3. The zero-order valence-corrected chi connectivity index (χ0v) is 20.0. The van der Waals surface area contributed by atoms with E-state index in [1.807, 2.05) is 56.0 Å². The molecule has 1 aromatic rings. The summed E-state index contributed by atoms with van der Waals surface area (Å²) in [7, 11) is 0. The van der Waals surface area contributed by atoms with Gasteiger partial charge in [0.1, 0.15) is 12.2 Å². The smallest absolute Gasteiger partial charge is 0.410 e. The molecule has 2 unspecified atom stereocenters. The van der Waals surface area contributed by atoms with Gasteiger partial charge in [-0.3, -0.25) is 4.90 Å². The number of fused-ring (bicyclic) bond motifs is 2. The summed E-state index contributed by atoms with van der Waals surface area (Å²) in [5.41, 5.74) is 0.485. The minimum Gasteiger partial charge on any atom is -0.445 e. The van der Waals surface area contributed by atoms with Crippen molar-refractivity contribution in [2.45, 2.75) is 51.5 Å². The van der Waals surface area contributed by atoms with Gasteiger partial charge in [-0.05, 0) is 32.8 Å². The Morgan fingerprint density at radius 3 is 2.39 bits per heavy atom. The molecule has 0 saturated carbocycles. The molecule has 0 aliphatic carbocycles. The first-order chi connectivity index (χ1) is 15.8. The molecule has 2 fully saturated rings. The lowest BCUT2D eigenvalue weighted by atomic mass is 10.2. The number of amides is 2. The number of rotatable bonds is 11. The lowest BCUT2D eigenvalue weighted by Gasteiger charge is -2.35. The van der Waals surface area contributed by atoms with Crippen molar-refractivity contribution in [1.82, 2.24) is 15.1 Å². The highest BCUT2D eigenvalue weighted by Gasteiger charge is 2.46. The zero-order valence-electron chi connectivity index (χ0n) is 20.0. The van der Waals surface area contributed by atoms with E-state index in [-0.39, 0.29) is 18.7 Å². The van der Waals surface area contributed by atoms with E-state index in [1.165, 1.54) is 0 Å². The molecule has 2 aliphatic heterocycles. The Morgan fingerprint density at radius 2 is 1.73 bits per heavy atom. The van der Waals surface area contributed by atoms with E-state index in [0.29, 0.717) is 39.0 Å². The summed E-state index contributed by atoms with van der Waals surface area (Å²) in [6.45, 7) is 10.8. The third-order valence-corrected chi connectivity index (χ3v) is 5.61. The molecular formula is C24H37N3O6. The van der Waals surface area contributed by atoms with Crippen molar-refractivity contribution in [3.63, 3.8) is 0 Å². The molecule has 9 nitrogen and oxygen atoms in total. The summed E-state index contributed by atoms with van der Waals surface area (Å²) in [6, 6.07) is 10.2. The number of alkyl carbamates (subject to hydrolysis) is 1. The molecule has 2 heterocycles. The highest BCUT2D eigenvalue weighted by Crippen LogP contribution is 2.31. The van der Waals surface area contributed by atoms with Crippen LogP contribution in [0.2, 0.25) is 0 Å². The number of piperazine rings is 1. The Balaban J connectivity index is 1.15. The monoisotopic (exact) mass is 463 g/mol. The van der Waals surface area contributed by atoms with Gasteiger partial charge in [0.25, 0.3) is 0 Å². The van der Waals surface area contributed by atoms with Crippen molar-refractivity contribution in [1.29, 1.82) is 0 Å². The van der Waals surface area contributed by atoms with Crippen LogP contribution in [0, 0.1) is 0 Å². The molecule has 3 rings (SSSR count). The number of hydrogen-bond donors (Lipinski definition) is 1. The Kier molecular flexibility index (Phi) is 9.34. The number of hydrogen-bond acceptors (Lipinski definition) is 7. The third kappa shape index (κ3) is 8.49. The van der Waals surface area contributed by atoms with Crippen molar-refractivity contribution < 1.29 is 28.5 Å². The number of nitrogens with one attached hydrogen (secondary N) is 1. The van der Waals surface area contributed by atoms with E-state index in [9.17, 15) is 9.59 Å². The Bertz CT molecular complexity index is 754. The number of carbonyl (C=O) groups is 2. The summed E-state index contributed by atoms with van der Waals surface area (Å²) >= 11 is 0. The van der Waals surface area contributed by atoms with Gasteiger partial charge in [0.15, 0.2) is 0 Å². The van der Waals surface area contributed by atoms with Crippen LogP contribution in [0.4, 0.5) is 9.59 Å². The number of benzene rings is 1. The van der Waals surface area contributed by atoms with Crippen molar-refractivity contribution >= 4 is 12.2 Å². The summed E-state index contributed by atoms with van der Waals surface area (Å²) in [5, 5.41) is 2.66. The summed E-state index contributed by atoms with van der Waals surface area (Å²) in [5.74, 6) is 0. The highest BCUT2D eigenvalue weighted by molar-refractivity contribution is 5.69. The normalized spacial score (nSPS) is 20.2. The fourth-order valence-electron chi connectivity index (χ4n) is 4.07. The average molecular weight is 464 g/mol. The predicted octanol–water partition coefficient (Wildman–Crippen LogP) is 2.64. The van der Waals surface area contributed by atoms with Gasteiger partial charge in [-0.2, -0.15) is 0 Å². The molecule has 33 heavy (non-hydrogen) atoms. The molecule has 1 aromatic carbocycles. The molecule has 1 N–H and O–H groups in total. The van der Waals surface area contributed by atoms with Crippen LogP contribution in [-0.4, -0.2) is 92.3 Å². The van der Waals surface area contributed by atoms with E-state index in [0.717, 1.165) is 31.6 Å². The average Bonchev–Trinajstić information content (AvgIpc) is 3.37. The highest BCUT2D eigenvalue weighted by atomic mass is 16.6. The first kappa shape index (κ1) is 25.3. The maximum absolute atomic E-state index is 12.3. The van der Waals surface area contributed by atoms with Gasteiger partial charge in [0, 0.05) is 38.3 Å². The summed E-state index contributed by atoms with van der Waals surface area (Å²) in [4.78, 5) is 28.2. The standard InChI is InChI=1S/C24H37N3O6/c1-24(2,3)33-23(29)27-17-20-15-21(27)16-26(20)10-12-31-14-13-30-11-9-25-22(28)32-18-19-7-5-4-6-8-19/h4-8,20-21H,9-18H2,1-3H3,(H,25,28). The second-order valence-electron chi connectivity index (χ2n) is 9.38. The minimum atomic E-state index is -0.462. The molecule has 0 spiro atoms. The zero-order chi connectivity index (χ0) is 23.7. The van der Waals surface area contributed by atoms with E-state index in [1.54, 1.807) is 0 Å². The van der Waals surface area contributed by atoms with Gasteiger partial charge >= 0.3 is 12.2 Å². The molecule has 9 heteroatoms. The van der Waals surface area contributed by atoms with Crippen LogP contribution in [-0.2, 0) is 25.6 Å². The lowest BCUT2D eigenvalue weighted by molar-refractivity contribution is 0.00719. The van der Waals surface area contributed by atoms with Crippen LogP contribution in [0.25, 0.3) is 0 Å². The summed E-state index contributed by atoms with van der Waals surface area (Å²) in [6.07, 6.45) is 0.342. The van der Waals surface area contributed by atoms with Crippen LogP contribution < -0.4 is 5.32 Å². The number of carbonyl (C=O) groups excluding carboxylic acids is 2. The molecule has 2 atom stereocenters. The number of nitrogens with zero attached hydrogens (tertiary/aromatic N) is 2. The molecule has 184 valence electrons. The molecule has 2 aliphatic rings. The van der Waals surface area contributed by atoms with Crippen LogP contribution in [0.3, 0.4) is 0 Å². The van der Waals surface area contributed by atoms with Gasteiger partial charge in [0.2, 0.25) is 0 Å². The van der Waals surface area contributed by atoms with Gasteiger partial charge in [-0.25, -0.2) is 9.59 Å². The van der Waals surface area contributed by atoms with Crippen LogP contribution >= 0.6 is 0 Å². The van der Waals surface area contributed by atoms with E-state index >= 15 is 0 Å². The minimum absolute atomic E-state index is 0.206. The van der Waals surface area contributed by atoms with Gasteiger partial charge < -0.3 is 29.2 Å². The Labute approximate surface area is 196 Å². The molecule has 2 saturated heterocycles. The SMILES string of the molecule is CC(C)(C)OC(=O)N1CC2CC1CN2CCOCCOCCNC(=O)OCc1ccccc1. The second-order valence-corrected chi connectivity index (χ2v) is 9.38. The summed E-state index contributed by atoms with van der Waals surface area (Å²) < 4.78 is 21.8. The number of ether oxygens (including phenoxy) is 4. The maximum Gasteiger partial charge on any atom is 0.410 e. The molecule has 2 amide bonds.